The molecule has 16 heavy (non-hydrogen) atoms. The van der Waals surface area contributed by atoms with Crippen LogP contribution in [0.2, 0.25) is 0 Å². The molecule has 1 aromatic carbocycles. The maximum Gasteiger partial charge on any atom is 0.328 e. The van der Waals surface area contributed by atoms with E-state index in [-0.39, 0.29) is 0 Å². The number of methoxy groups -OCH3 is 1. The molecular weight excluding hydrogens is 408 g/mol. The van der Waals surface area contributed by atoms with E-state index >= 15 is 0 Å². The SMILES string of the molecule is COc1cc(/C=C/C(=O)O)c(Br)c(Br)c1Br. The van der Waals surface area contributed by atoms with E-state index in [0.717, 1.165) is 19.5 Å². The molecule has 1 aromatic rings. The quantitative estimate of drug-likeness (QED) is 0.598. The van der Waals surface area contributed by atoms with Gasteiger partial charge in [0.25, 0.3) is 0 Å². The van der Waals surface area contributed by atoms with Crippen LogP contribution in [0.15, 0.2) is 25.6 Å². The molecule has 86 valence electrons. The van der Waals surface area contributed by atoms with Crippen LogP contribution >= 0.6 is 47.8 Å². The van der Waals surface area contributed by atoms with Gasteiger partial charge in [-0.15, -0.1) is 0 Å². The van der Waals surface area contributed by atoms with Gasteiger partial charge < -0.3 is 9.84 Å². The van der Waals surface area contributed by atoms with Gasteiger partial charge in [0.2, 0.25) is 0 Å². The minimum absolute atomic E-state index is 0.625. The fourth-order valence-corrected chi connectivity index (χ4v) is 2.64. The summed E-state index contributed by atoms with van der Waals surface area (Å²) in [6.45, 7) is 0. The zero-order valence-electron chi connectivity index (χ0n) is 8.13. The fourth-order valence-electron chi connectivity index (χ4n) is 1.03. The highest BCUT2D eigenvalue weighted by Crippen LogP contribution is 2.40. The number of rotatable bonds is 3. The van der Waals surface area contributed by atoms with Gasteiger partial charge in [-0.3, -0.25) is 0 Å². The third kappa shape index (κ3) is 3.09. The molecule has 0 radical (unpaired) electrons. The Labute approximate surface area is 118 Å². The number of carboxylic acid groups (broad SMARTS) is 1. The van der Waals surface area contributed by atoms with Crippen LogP contribution < -0.4 is 4.74 Å². The van der Waals surface area contributed by atoms with Crippen molar-refractivity contribution in [2.24, 2.45) is 0 Å². The summed E-state index contributed by atoms with van der Waals surface area (Å²) >= 11 is 10.1. The van der Waals surface area contributed by atoms with Crippen LogP contribution in [0.5, 0.6) is 5.75 Å². The second-order valence-electron chi connectivity index (χ2n) is 2.78. The summed E-state index contributed by atoms with van der Waals surface area (Å²) in [7, 11) is 1.55. The maximum absolute atomic E-state index is 10.4. The molecule has 1 rings (SSSR count). The molecule has 0 aromatic heterocycles. The van der Waals surface area contributed by atoms with E-state index < -0.39 is 5.97 Å². The van der Waals surface area contributed by atoms with E-state index in [4.69, 9.17) is 9.84 Å². The van der Waals surface area contributed by atoms with Crippen LogP contribution in [-0.4, -0.2) is 18.2 Å². The number of hydrogen-bond donors (Lipinski definition) is 1. The van der Waals surface area contributed by atoms with Gasteiger partial charge in [-0.1, -0.05) is 0 Å². The van der Waals surface area contributed by atoms with Crippen LogP contribution in [0, 0.1) is 0 Å². The molecular formula is C10H7Br3O3. The lowest BCUT2D eigenvalue weighted by atomic mass is 10.2. The number of aliphatic carboxylic acids is 1. The number of carbonyl (C=O) groups is 1. The molecule has 0 saturated heterocycles. The Kier molecular flexibility index (Phi) is 5.01. The number of ether oxygens (including phenoxy) is 1. The van der Waals surface area contributed by atoms with Gasteiger partial charge in [-0.05, 0) is 65.5 Å². The molecule has 0 fully saturated rings. The minimum atomic E-state index is -0.995. The first-order chi connectivity index (χ1) is 7.47. The Hall–Kier alpha value is -0.330. The van der Waals surface area contributed by atoms with Crippen LogP contribution in [0.1, 0.15) is 5.56 Å². The van der Waals surface area contributed by atoms with Crippen molar-refractivity contribution in [3.8, 4) is 5.75 Å². The summed E-state index contributed by atoms with van der Waals surface area (Å²) in [5, 5.41) is 8.56. The van der Waals surface area contributed by atoms with Crippen molar-refractivity contribution in [2.75, 3.05) is 7.11 Å². The van der Waals surface area contributed by atoms with E-state index in [9.17, 15) is 4.79 Å². The van der Waals surface area contributed by atoms with Gasteiger partial charge in [-0.25, -0.2) is 4.79 Å². The van der Waals surface area contributed by atoms with E-state index in [1.165, 1.54) is 6.08 Å². The molecule has 0 atom stereocenters. The molecule has 0 bridgehead atoms. The lowest BCUT2D eigenvalue weighted by Crippen LogP contribution is -1.90. The van der Waals surface area contributed by atoms with Crippen LogP contribution in [0.4, 0.5) is 0 Å². The van der Waals surface area contributed by atoms with E-state index in [0.29, 0.717) is 11.3 Å². The van der Waals surface area contributed by atoms with E-state index in [2.05, 4.69) is 47.8 Å². The summed E-state index contributed by atoms with van der Waals surface area (Å²) < 4.78 is 7.46. The molecule has 0 spiro atoms. The molecule has 0 aliphatic rings. The topological polar surface area (TPSA) is 46.5 Å². The average molecular weight is 415 g/mol. The van der Waals surface area contributed by atoms with Gasteiger partial charge in [0.1, 0.15) is 5.75 Å². The monoisotopic (exact) mass is 412 g/mol. The van der Waals surface area contributed by atoms with Crippen molar-refractivity contribution < 1.29 is 14.6 Å². The fraction of sp³-hybridized carbons (Fsp3) is 0.100. The Bertz CT molecular complexity index is 455. The van der Waals surface area contributed by atoms with E-state index in [1.54, 1.807) is 13.2 Å². The standard InChI is InChI=1S/C10H7Br3O3/c1-16-6-4-5(2-3-7(14)15)8(11)10(13)9(6)12/h2-4H,1H3,(H,14,15)/b3-2+. The van der Waals surface area contributed by atoms with Gasteiger partial charge in [0, 0.05) is 10.5 Å². The molecule has 6 heteroatoms. The second-order valence-corrected chi connectivity index (χ2v) is 5.16. The Balaban J connectivity index is 3.30. The number of hydrogen-bond acceptors (Lipinski definition) is 2. The van der Waals surface area contributed by atoms with Crippen LogP contribution in [-0.2, 0) is 4.79 Å². The molecule has 0 aliphatic carbocycles. The van der Waals surface area contributed by atoms with Gasteiger partial charge in [0.15, 0.2) is 0 Å². The third-order valence-corrected chi connectivity index (χ3v) is 5.27. The molecule has 0 aliphatic heterocycles. The van der Waals surface area contributed by atoms with Crippen molar-refractivity contribution in [3.63, 3.8) is 0 Å². The Morgan fingerprint density at radius 2 is 1.94 bits per heavy atom. The molecule has 0 amide bonds. The number of benzene rings is 1. The summed E-state index contributed by atoms with van der Waals surface area (Å²) in [4.78, 5) is 10.4. The lowest BCUT2D eigenvalue weighted by Gasteiger charge is -2.09. The molecule has 1 N–H and O–H groups in total. The average Bonchev–Trinajstić information content (AvgIpc) is 2.25. The van der Waals surface area contributed by atoms with Crippen molar-refractivity contribution in [2.45, 2.75) is 0 Å². The summed E-state index contributed by atoms with van der Waals surface area (Å²) in [6.07, 6.45) is 2.56. The molecule has 0 unspecified atom stereocenters. The Morgan fingerprint density at radius 3 is 2.44 bits per heavy atom. The summed E-state index contributed by atoms with van der Waals surface area (Å²) in [6, 6.07) is 1.73. The normalized spacial score (nSPS) is 10.8. The lowest BCUT2D eigenvalue weighted by molar-refractivity contribution is -0.131. The molecule has 3 nitrogen and oxygen atoms in total. The van der Waals surface area contributed by atoms with Gasteiger partial charge >= 0.3 is 5.97 Å². The molecule has 0 saturated carbocycles. The van der Waals surface area contributed by atoms with Crippen molar-refractivity contribution >= 4 is 59.8 Å². The summed E-state index contributed by atoms with van der Waals surface area (Å²) in [5.41, 5.74) is 0.717. The van der Waals surface area contributed by atoms with E-state index in [1.807, 2.05) is 0 Å². The smallest absolute Gasteiger partial charge is 0.328 e. The zero-order chi connectivity index (χ0) is 12.3. The van der Waals surface area contributed by atoms with Crippen molar-refractivity contribution in [1.82, 2.24) is 0 Å². The second kappa shape index (κ2) is 5.84. The number of halogens is 3. The van der Waals surface area contributed by atoms with Crippen LogP contribution in [0.25, 0.3) is 6.08 Å². The van der Waals surface area contributed by atoms with Crippen molar-refractivity contribution in [3.05, 3.63) is 31.1 Å². The predicted octanol–water partition coefficient (Wildman–Crippen LogP) is 4.08. The highest BCUT2D eigenvalue weighted by atomic mass is 79.9. The third-order valence-electron chi connectivity index (χ3n) is 1.77. The number of carboxylic acids is 1. The van der Waals surface area contributed by atoms with Gasteiger partial charge in [-0.2, -0.15) is 0 Å². The van der Waals surface area contributed by atoms with Crippen LogP contribution in [0.3, 0.4) is 0 Å². The first-order valence-electron chi connectivity index (χ1n) is 4.10. The highest BCUT2D eigenvalue weighted by Gasteiger charge is 2.12. The first-order valence-corrected chi connectivity index (χ1v) is 6.47. The zero-order valence-corrected chi connectivity index (χ0v) is 12.9. The minimum Gasteiger partial charge on any atom is -0.496 e. The first kappa shape index (κ1) is 13.7. The predicted molar refractivity (Wildman–Crippen MR) is 72.8 cm³/mol. The Morgan fingerprint density at radius 1 is 1.31 bits per heavy atom. The van der Waals surface area contributed by atoms with Crippen molar-refractivity contribution in [1.29, 1.82) is 0 Å². The highest BCUT2D eigenvalue weighted by molar-refractivity contribution is 9.14. The largest absolute Gasteiger partial charge is 0.496 e. The molecule has 0 heterocycles. The summed E-state index contributed by atoms with van der Waals surface area (Å²) in [5.74, 6) is -0.370. The maximum atomic E-state index is 10.4. The van der Waals surface area contributed by atoms with Gasteiger partial charge in [0.05, 0.1) is 16.1 Å².